The molecule has 0 radical (unpaired) electrons. The molecule has 3 unspecified atom stereocenters. The topological polar surface area (TPSA) is 79.0 Å². The summed E-state index contributed by atoms with van der Waals surface area (Å²) in [6.07, 6.45) is 7.22. The van der Waals surface area contributed by atoms with E-state index >= 15 is 0 Å². The lowest BCUT2D eigenvalue weighted by molar-refractivity contribution is -0.175. The molecule has 2 aliphatic carbocycles. The first-order valence-electron chi connectivity index (χ1n) is 12.3. The number of piperazine rings is 1. The lowest BCUT2D eigenvalue weighted by Gasteiger charge is -2.59. The molecule has 1 N–H and O–H groups in total. The average molecular weight is 456 g/mol. The Morgan fingerprint density at radius 3 is 2.64 bits per heavy atom. The maximum absolute atomic E-state index is 13.6. The van der Waals surface area contributed by atoms with Crippen LogP contribution in [0.15, 0.2) is 35.2 Å². The number of allylic oxidation sites excluding steroid dienone is 2. The molecule has 1 saturated heterocycles. The summed E-state index contributed by atoms with van der Waals surface area (Å²) in [5, 5.41) is 3.39. The average Bonchev–Trinajstić information content (AvgIpc) is 2.77. The van der Waals surface area contributed by atoms with Crippen molar-refractivity contribution in [1.29, 1.82) is 0 Å². The van der Waals surface area contributed by atoms with Gasteiger partial charge in [-0.1, -0.05) is 24.6 Å². The Morgan fingerprint density at radius 2 is 2.00 bits per heavy atom. The first-order valence-corrected chi connectivity index (χ1v) is 12.3. The highest BCUT2D eigenvalue weighted by molar-refractivity contribution is 6.07. The van der Waals surface area contributed by atoms with E-state index in [0.717, 1.165) is 32.1 Å². The van der Waals surface area contributed by atoms with Crippen molar-refractivity contribution in [1.82, 2.24) is 15.1 Å². The Morgan fingerprint density at radius 1 is 1.27 bits per heavy atom. The van der Waals surface area contributed by atoms with Gasteiger partial charge in [0.15, 0.2) is 12.1 Å². The molecule has 2 aliphatic heterocycles. The SMILES string of the molecule is C=C(NCC1CCCC(C)=C1C)C1=CN2C(C(=O)N(C)CC23CCC3)C(OC(=O)CC)C1=O. The third-order valence-corrected chi connectivity index (χ3v) is 8.20. The van der Waals surface area contributed by atoms with Crippen LogP contribution in [0.5, 0.6) is 0 Å². The van der Waals surface area contributed by atoms with Crippen LogP contribution >= 0.6 is 0 Å². The molecule has 1 amide bonds. The predicted octanol–water partition coefficient (Wildman–Crippen LogP) is 3.08. The van der Waals surface area contributed by atoms with E-state index in [-0.39, 0.29) is 23.7 Å². The van der Waals surface area contributed by atoms with Crippen molar-refractivity contribution in [2.24, 2.45) is 5.92 Å². The van der Waals surface area contributed by atoms with Crippen LogP contribution in [0.2, 0.25) is 0 Å². The highest BCUT2D eigenvalue weighted by Crippen LogP contribution is 2.45. The number of carbonyl (C=O) groups excluding carboxylic acids is 3. The van der Waals surface area contributed by atoms with E-state index in [9.17, 15) is 14.4 Å². The molecule has 0 bridgehead atoms. The molecule has 1 saturated carbocycles. The normalized spacial score (nSPS) is 28.8. The number of ether oxygens (including phenoxy) is 1. The van der Waals surface area contributed by atoms with Gasteiger partial charge in [0.05, 0.1) is 11.1 Å². The Balaban J connectivity index is 1.62. The minimum absolute atomic E-state index is 0.149. The van der Waals surface area contributed by atoms with Crippen LogP contribution in [0, 0.1) is 5.92 Å². The van der Waals surface area contributed by atoms with Crippen LogP contribution in [0.3, 0.4) is 0 Å². The molecule has 3 atom stereocenters. The summed E-state index contributed by atoms with van der Waals surface area (Å²) in [5.74, 6) is -0.586. The number of fused-ring (bicyclic) bond motifs is 2. The number of ketones is 1. The predicted molar refractivity (Wildman–Crippen MR) is 126 cm³/mol. The Kier molecular flexibility index (Phi) is 6.43. The number of nitrogens with one attached hydrogen (secondary N) is 1. The fraction of sp³-hybridized carbons (Fsp3) is 0.654. The summed E-state index contributed by atoms with van der Waals surface area (Å²) in [6, 6.07) is -0.810. The van der Waals surface area contributed by atoms with Gasteiger partial charge in [-0.05, 0) is 58.3 Å². The van der Waals surface area contributed by atoms with Crippen LogP contribution in [-0.2, 0) is 19.1 Å². The van der Waals surface area contributed by atoms with E-state index < -0.39 is 18.1 Å². The summed E-state index contributed by atoms with van der Waals surface area (Å²) in [4.78, 5) is 42.6. The van der Waals surface area contributed by atoms with Crippen molar-refractivity contribution in [3.63, 3.8) is 0 Å². The molecular formula is C26H37N3O4. The summed E-state index contributed by atoms with van der Waals surface area (Å²) >= 11 is 0. The number of Topliss-reactive ketones (excluding diaryl/α,β-unsaturated/α-hetero) is 1. The number of hydrogen-bond acceptors (Lipinski definition) is 6. The highest BCUT2D eigenvalue weighted by atomic mass is 16.5. The van der Waals surface area contributed by atoms with Crippen molar-refractivity contribution < 1.29 is 19.1 Å². The van der Waals surface area contributed by atoms with E-state index in [1.807, 2.05) is 11.1 Å². The van der Waals surface area contributed by atoms with Gasteiger partial charge in [-0.15, -0.1) is 0 Å². The lowest BCUT2D eigenvalue weighted by Crippen LogP contribution is -2.73. The summed E-state index contributed by atoms with van der Waals surface area (Å²) in [7, 11) is 1.77. The van der Waals surface area contributed by atoms with Gasteiger partial charge in [0, 0.05) is 38.5 Å². The van der Waals surface area contributed by atoms with E-state index in [0.29, 0.717) is 30.3 Å². The number of hydrogen-bond donors (Lipinski definition) is 1. The van der Waals surface area contributed by atoms with E-state index in [4.69, 9.17) is 4.74 Å². The molecule has 7 nitrogen and oxygen atoms in total. The zero-order valence-corrected chi connectivity index (χ0v) is 20.4. The quantitative estimate of drug-likeness (QED) is 0.490. The molecule has 2 fully saturated rings. The fourth-order valence-corrected chi connectivity index (χ4v) is 5.78. The molecule has 2 heterocycles. The summed E-state index contributed by atoms with van der Waals surface area (Å²) < 4.78 is 5.61. The van der Waals surface area contributed by atoms with Gasteiger partial charge in [0.25, 0.3) is 0 Å². The maximum atomic E-state index is 13.6. The zero-order valence-electron chi connectivity index (χ0n) is 20.4. The molecule has 0 aromatic heterocycles. The molecule has 0 aromatic carbocycles. The van der Waals surface area contributed by atoms with Gasteiger partial charge in [-0.2, -0.15) is 0 Å². The van der Waals surface area contributed by atoms with Gasteiger partial charge in [0.1, 0.15) is 0 Å². The monoisotopic (exact) mass is 455 g/mol. The summed E-state index contributed by atoms with van der Waals surface area (Å²) in [5.41, 5.74) is 3.60. The molecular weight excluding hydrogens is 418 g/mol. The van der Waals surface area contributed by atoms with Crippen LogP contribution in [0.1, 0.15) is 65.7 Å². The van der Waals surface area contributed by atoms with Gasteiger partial charge >= 0.3 is 5.97 Å². The van der Waals surface area contributed by atoms with Gasteiger partial charge in [-0.3, -0.25) is 14.4 Å². The van der Waals surface area contributed by atoms with Crippen LogP contribution in [-0.4, -0.2) is 65.3 Å². The number of likely N-dealkylation sites (N-methyl/N-ethyl adjacent to an activating group) is 1. The zero-order chi connectivity index (χ0) is 23.9. The van der Waals surface area contributed by atoms with E-state index in [2.05, 4.69) is 25.7 Å². The third-order valence-electron chi connectivity index (χ3n) is 8.20. The molecule has 180 valence electrons. The van der Waals surface area contributed by atoms with Crippen LogP contribution in [0.4, 0.5) is 0 Å². The number of nitrogens with zero attached hydrogens (tertiary/aromatic N) is 2. The fourth-order valence-electron chi connectivity index (χ4n) is 5.78. The first kappa shape index (κ1) is 23.6. The number of rotatable bonds is 6. The molecule has 4 aliphatic rings. The Labute approximate surface area is 196 Å². The maximum Gasteiger partial charge on any atom is 0.306 e. The van der Waals surface area contributed by atoms with Crippen LogP contribution < -0.4 is 5.32 Å². The first-order chi connectivity index (χ1) is 15.7. The van der Waals surface area contributed by atoms with Crippen molar-refractivity contribution in [3.8, 4) is 0 Å². The molecule has 0 aromatic rings. The number of carbonyl (C=O) groups is 3. The molecule has 1 spiro atoms. The van der Waals surface area contributed by atoms with Gasteiger partial charge < -0.3 is 19.9 Å². The minimum Gasteiger partial charge on any atom is -0.451 e. The standard InChI is InChI=1S/C26H37N3O4/c1-6-21(30)33-24-22-25(32)28(5)15-26(11-8-12-26)29(22)14-20(23(24)31)18(4)27-13-19-10-7-9-16(2)17(19)3/h14,19,22,24,27H,4,6-13,15H2,1-3,5H3. The lowest BCUT2D eigenvalue weighted by atomic mass is 9.71. The Hall–Kier alpha value is -2.57. The smallest absolute Gasteiger partial charge is 0.306 e. The van der Waals surface area contributed by atoms with E-state index in [1.54, 1.807) is 18.9 Å². The second kappa shape index (κ2) is 8.99. The van der Waals surface area contributed by atoms with Crippen molar-refractivity contribution in [2.45, 2.75) is 83.4 Å². The van der Waals surface area contributed by atoms with Crippen molar-refractivity contribution >= 4 is 17.7 Å². The largest absolute Gasteiger partial charge is 0.451 e. The number of amides is 1. The second-order valence-corrected chi connectivity index (χ2v) is 10.2. The number of esters is 1. The Bertz CT molecular complexity index is 930. The van der Waals surface area contributed by atoms with Crippen LogP contribution in [0.25, 0.3) is 0 Å². The van der Waals surface area contributed by atoms with Gasteiger partial charge in [-0.25, -0.2) is 0 Å². The van der Waals surface area contributed by atoms with Gasteiger partial charge in [0.2, 0.25) is 11.7 Å². The second-order valence-electron chi connectivity index (χ2n) is 10.2. The van der Waals surface area contributed by atoms with Crippen molar-refractivity contribution in [2.75, 3.05) is 20.1 Å². The van der Waals surface area contributed by atoms with E-state index in [1.165, 1.54) is 17.6 Å². The minimum atomic E-state index is -1.15. The molecule has 33 heavy (non-hydrogen) atoms. The third kappa shape index (κ3) is 4.11. The highest BCUT2D eigenvalue weighted by Gasteiger charge is 2.58. The molecule has 4 rings (SSSR count). The molecule has 7 heteroatoms. The summed E-state index contributed by atoms with van der Waals surface area (Å²) in [6.45, 7) is 11.6. The van der Waals surface area contributed by atoms with Crippen molar-refractivity contribution in [3.05, 3.63) is 35.2 Å².